The summed E-state index contributed by atoms with van der Waals surface area (Å²) in [6, 6.07) is 7.64. The van der Waals surface area contributed by atoms with Crippen molar-refractivity contribution >= 4 is 10.8 Å². The molecule has 0 saturated carbocycles. The lowest BCUT2D eigenvalue weighted by Crippen LogP contribution is -1.90. The van der Waals surface area contributed by atoms with E-state index in [2.05, 4.69) is 4.98 Å². The highest BCUT2D eigenvalue weighted by Gasteiger charge is 2.01. The number of ether oxygens (including phenoxy) is 1. The fourth-order valence-electron chi connectivity index (χ4n) is 1.45. The van der Waals surface area contributed by atoms with Crippen molar-refractivity contribution in [3.63, 3.8) is 0 Å². The monoisotopic (exact) mass is 189 g/mol. The van der Waals surface area contributed by atoms with Crippen molar-refractivity contribution in [2.75, 3.05) is 7.11 Å². The molecule has 0 saturated heterocycles. The lowest BCUT2D eigenvalue weighted by Gasteiger charge is -2.05. The van der Waals surface area contributed by atoms with Gasteiger partial charge in [0.25, 0.3) is 0 Å². The molecular weight excluding hydrogens is 178 g/mol. The van der Waals surface area contributed by atoms with Gasteiger partial charge in [0, 0.05) is 11.6 Å². The van der Waals surface area contributed by atoms with Crippen LogP contribution in [0.4, 0.5) is 0 Å². The molecule has 14 heavy (non-hydrogen) atoms. The standard InChI is InChI=1S/C11H11NO2/c1-14-11-4-2-3-8-5-9(7-13)12-6-10(8)11/h2-6,13H,7H2,1H3. The van der Waals surface area contributed by atoms with Gasteiger partial charge in [-0.1, -0.05) is 12.1 Å². The topological polar surface area (TPSA) is 42.4 Å². The normalized spacial score (nSPS) is 10.4. The van der Waals surface area contributed by atoms with Crippen LogP contribution in [0.25, 0.3) is 10.8 Å². The number of hydrogen-bond donors (Lipinski definition) is 1. The quantitative estimate of drug-likeness (QED) is 0.782. The summed E-state index contributed by atoms with van der Waals surface area (Å²) in [5.74, 6) is 0.805. The molecule has 0 aliphatic rings. The first-order valence-electron chi connectivity index (χ1n) is 4.37. The van der Waals surface area contributed by atoms with Gasteiger partial charge in [0.15, 0.2) is 0 Å². The van der Waals surface area contributed by atoms with Crippen molar-refractivity contribution in [1.29, 1.82) is 0 Å². The van der Waals surface area contributed by atoms with E-state index in [1.807, 2.05) is 24.3 Å². The minimum Gasteiger partial charge on any atom is -0.496 e. The minimum absolute atomic E-state index is 0.0346. The summed E-state index contributed by atoms with van der Waals surface area (Å²) >= 11 is 0. The van der Waals surface area contributed by atoms with Gasteiger partial charge >= 0.3 is 0 Å². The van der Waals surface area contributed by atoms with Crippen molar-refractivity contribution < 1.29 is 9.84 Å². The van der Waals surface area contributed by atoms with E-state index in [1.54, 1.807) is 13.3 Å². The van der Waals surface area contributed by atoms with Crippen molar-refractivity contribution in [2.45, 2.75) is 6.61 Å². The van der Waals surface area contributed by atoms with Crippen LogP contribution in [-0.2, 0) is 6.61 Å². The molecular formula is C11H11NO2. The average Bonchev–Trinajstić information content (AvgIpc) is 2.27. The highest BCUT2D eigenvalue weighted by Crippen LogP contribution is 2.24. The Bertz CT molecular complexity index is 454. The first-order valence-corrected chi connectivity index (χ1v) is 4.37. The Labute approximate surface area is 82.0 Å². The van der Waals surface area contributed by atoms with Gasteiger partial charge in [-0.15, -0.1) is 0 Å². The zero-order valence-electron chi connectivity index (χ0n) is 7.90. The molecule has 0 fully saturated rings. The fourth-order valence-corrected chi connectivity index (χ4v) is 1.45. The molecule has 1 aromatic carbocycles. The largest absolute Gasteiger partial charge is 0.496 e. The first kappa shape index (κ1) is 8.97. The van der Waals surface area contributed by atoms with Crippen molar-refractivity contribution in [1.82, 2.24) is 4.98 Å². The zero-order chi connectivity index (χ0) is 9.97. The summed E-state index contributed by atoms with van der Waals surface area (Å²) in [4.78, 5) is 4.10. The predicted octanol–water partition coefficient (Wildman–Crippen LogP) is 1.74. The number of methoxy groups -OCH3 is 1. The molecule has 1 heterocycles. The summed E-state index contributed by atoms with van der Waals surface area (Å²) in [5.41, 5.74) is 0.672. The third-order valence-electron chi connectivity index (χ3n) is 2.16. The van der Waals surface area contributed by atoms with Crippen molar-refractivity contribution in [3.8, 4) is 5.75 Å². The average molecular weight is 189 g/mol. The van der Waals surface area contributed by atoms with Crippen LogP contribution >= 0.6 is 0 Å². The van der Waals surface area contributed by atoms with Gasteiger partial charge in [0.1, 0.15) is 5.75 Å². The second-order valence-electron chi connectivity index (χ2n) is 3.02. The molecule has 1 aromatic heterocycles. The number of hydrogen-bond acceptors (Lipinski definition) is 3. The molecule has 0 aliphatic heterocycles. The second kappa shape index (κ2) is 3.64. The highest BCUT2D eigenvalue weighted by molar-refractivity contribution is 5.87. The van der Waals surface area contributed by atoms with E-state index >= 15 is 0 Å². The smallest absolute Gasteiger partial charge is 0.128 e. The number of aliphatic hydroxyl groups is 1. The Morgan fingerprint density at radius 2 is 2.29 bits per heavy atom. The van der Waals surface area contributed by atoms with Gasteiger partial charge < -0.3 is 9.84 Å². The summed E-state index contributed by atoms with van der Waals surface area (Å²) in [7, 11) is 1.63. The van der Waals surface area contributed by atoms with Gasteiger partial charge in [0.2, 0.25) is 0 Å². The molecule has 0 atom stereocenters. The fraction of sp³-hybridized carbons (Fsp3) is 0.182. The predicted molar refractivity (Wildman–Crippen MR) is 54.2 cm³/mol. The van der Waals surface area contributed by atoms with E-state index in [-0.39, 0.29) is 6.61 Å². The third-order valence-corrected chi connectivity index (χ3v) is 2.16. The van der Waals surface area contributed by atoms with E-state index in [0.717, 1.165) is 16.5 Å². The lowest BCUT2D eigenvalue weighted by atomic mass is 10.1. The molecule has 3 heteroatoms. The Kier molecular flexibility index (Phi) is 2.33. The summed E-state index contributed by atoms with van der Waals surface area (Å²) in [5, 5.41) is 10.9. The van der Waals surface area contributed by atoms with Gasteiger partial charge in [-0.3, -0.25) is 4.98 Å². The molecule has 1 N–H and O–H groups in total. The van der Waals surface area contributed by atoms with Crippen LogP contribution in [0.5, 0.6) is 5.75 Å². The molecule has 0 amide bonds. The maximum Gasteiger partial charge on any atom is 0.128 e. The van der Waals surface area contributed by atoms with E-state index in [9.17, 15) is 0 Å². The van der Waals surface area contributed by atoms with Gasteiger partial charge in [0.05, 0.1) is 19.4 Å². The second-order valence-corrected chi connectivity index (χ2v) is 3.02. The van der Waals surface area contributed by atoms with Crippen LogP contribution in [0.3, 0.4) is 0 Å². The van der Waals surface area contributed by atoms with Crippen LogP contribution in [0.15, 0.2) is 30.5 Å². The number of aromatic nitrogens is 1. The summed E-state index contributed by atoms with van der Waals surface area (Å²) in [6.45, 7) is -0.0346. The van der Waals surface area contributed by atoms with E-state index in [1.165, 1.54) is 0 Å². The Balaban J connectivity index is 2.67. The first-order chi connectivity index (χ1) is 6.85. The number of fused-ring (bicyclic) bond motifs is 1. The SMILES string of the molecule is COc1cccc2cc(CO)ncc12. The Morgan fingerprint density at radius 1 is 1.43 bits per heavy atom. The van der Waals surface area contributed by atoms with E-state index < -0.39 is 0 Å². The van der Waals surface area contributed by atoms with Crippen LogP contribution in [0.2, 0.25) is 0 Å². The highest BCUT2D eigenvalue weighted by atomic mass is 16.5. The molecule has 0 bridgehead atoms. The minimum atomic E-state index is -0.0346. The van der Waals surface area contributed by atoms with E-state index in [0.29, 0.717) is 5.69 Å². The Morgan fingerprint density at radius 3 is 3.00 bits per heavy atom. The number of benzene rings is 1. The molecule has 72 valence electrons. The number of pyridine rings is 1. The number of aliphatic hydroxyl groups excluding tert-OH is 1. The van der Waals surface area contributed by atoms with Crippen LogP contribution < -0.4 is 4.74 Å². The van der Waals surface area contributed by atoms with Gasteiger partial charge in [-0.2, -0.15) is 0 Å². The summed E-state index contributed by atoms with van der Waals surface area (Å²) < 4.78 is 5.20. The number of nitrogens with zero attached hydrogens (tertiary/aromatic N) is 1. The molecule has 0 aliphatic carbocycles. The maximum atomic E-state index is 8.93. The van der Waals surface area contributed by atoms with Gasteiger partial charge in [-0.05, 0) is 17.5 Å². The third kappa shape index (κ3) is 1.42. The van der Waals surface area contributed by atoms with Crippen LogP contribution in [-0.4, -0.2) is 17.2 Å². The van der Waals surface area contributed by atoms with E-state index in [4.69, 9.17) is 9.84 Å². The maximum absolute atomic E-state index is 8.93. The Hall–Kier alpha value is -1.61. The van der Waals surface area contributed by atoms with Crippen LogP contribution in [0.1, 0.15) is 5.69 Å². The molecule has 0 spiro atoms. The molecule has 2 aromatic rings. The molecule has 2 rings (SSSR count). The summed E-state index contributed by atoms with van der Waals surface area (Å²) in [6.07, 6.45) is 1.72. The lowest BCUT2D eigenvalue weighted by molar-refractivity contribution is 0.277. The molecule has 0 radical (unpaired) electrons. The van der Waals surface area contributed by atoms with Crippen molar-refractivity contribution in [2.24, 2.45) is 0 Å². The van der Waals surface area contributed by atoms with Crippen molar-refractivity contribution in [3.05, 3.63) is 36.2 Å². The molecule has 3 nitrogen and oxygen atoms in total. The molecule has 0 unspecified atom stereocenters. The van der Waals surface area contributed by atoms with Crippen LogP contribution in [0, 0.1) is 0 Å². The number of rotatable bonds is 2. The zero-order valence-corrected chi connectivity index (χ0v) is 7.90. The van der Waals surface area contributed by atoms with Gasteiger partial charge in [-0.25, -0.2) is 0 Å².